The molecule has 1 heterocycles. The van der Waals surface area contributed by atoms with E-state index in [4.69, 9.17) is 9.29 Å². The fourth-order valence-corrected chi connectivity index (χ4v) is 4.99. The molecule has 0 radical (unpaired) electrons. The van der Waals surface area contributed by atoms with Crippen LogP contribution in [-0.4, -0.2) is 37.6 Å². The summed E-state index contributed by atoms with van der Waals surface area (Å²) in [5.41, 5.74) is 3.00. The van der Waals surface area contributed by atoms with Gasteiger partial charge in [0, 0.05) is 12.5 Å². The maximum Gasteiger partial charge on any atom is 0.357 e. The molecule has 2 aromatic carbocycles. The largest absolute Gasteiger partial charge is 0.384 e. The van der Waals surface area contributed by atoms with Gasteiger partial charge in [-0.25, -0.2) is 4.98 Å². The summed E-state index contributed by atoms with van der Waals surface area (Å²) in [6.07, 6.45) is 1.72. The molecule has 2 atom stereocenters. The van der Waals surface area contributed by atoms with Crippen LogP contribution in [-0.2, 0) is 39.1 Å². The second kappa shape index (κ2) is 12.1. The molecule has 1 aromatic heterocycles. The van der Waals surface area contributed by atoms with E-state index >= 15 is 0 Å². The predicted octanol–water partition coefficient (Wildman–Crippen LogP) is 3.83. The summed E-state index contributed by atoms with van der Waals surface area (Å²) in [4.78, 5) is 18.0. The van der Waals surface area contributed by atoms with Crippen molar-refractivity contribution in [1.29, 1.82) is 0 Å². The predicted molar refractivity (Wildman–Crippen MR) is 133 cm³/mol. The van der Waals surface area contributed by atoms with E-state index in [0.29, 0.717) is 12.8 Å². The monoisotopic (exact) mass is 503 g/mol. The van der Waals surface area contributed by atoms with Gasteiger partial charge >= 0.3 is 10.3 Å². The Kier molecular flexibility index (Phi) is 9.17. The van der Waals surface area contributed by atoms with Crippen molar-refractivity contribution in [3.05, 3.63) is 81.8 Å². The molecule has 3 N–H and O–H groups in total. The van der Waals surface area contributed by atoms with Gasteiger partial charge in [-0.05, 0) is 42.5 Å². The molecule has 10 heteroatoms. The maximum absolute atomic E-state index is 13.3. The Morgan fingerprint density at radius 2 is 1.85 bits per heavy atom. The van der Waals surface area contributed by atoms with Crippen molar-refractivity contribution in [2.45, 2.75) is 32.2 Å². The Labute approximate surface area is 204 Å². The molecule has 0 spiro atoms. The lowest BCUT2D eigenvalue weighted by Crippen LogP contribution is -2.37. The van der Waals surface area contributed by atoms with Crippen LogP contribution in [0.1, 0.15) is 34.8 Å². The Balaban J connectivity index is 1.83. The van der Waals surface area contributed by atoms with Crippen molar-refractivity contribution in [2.24, 2.45) is 5.92 Å². The number of aromatic nitrogens is 1. The summed E-state index contributed by atoms with van der Waals surface area (Å²) in [5.74, 6) is -0.524. The van der Waals surface area contributed by atoms with Crippen LogP contribution in [0.25, 0.3) is 0 Å². The Hall–Kier alpha value is -2.79. The van der Waals surface area contributed by atoms with Crippen LogP contribution in [0, 0.1) is 5.92 Å². The summed E-state index contributed by atoms with van der Waals surface area (Å²) in [6.45, 7) is 2.30. The minimum absolute atomic E-state index is 0.142. The summed E-state index contributed by atoms with van der Waals surface area (Å²) in [6, 6.07) is 16.0. The van der Waals surface area contributed by atoms with Crippen LogP contribution in [0.15, 0.2) is 60.0 Å². The van der Waals surface area contributed by atoms with Crippen molar-refractivity contribution in [2.75, 3.05) is 18.4 Å². The van der Waals surface area contributed by atoms with Crippen molar-refractivity contribution in [3.63, 3.8) is 0 Å². The number of rotatable bonds is 12. The van der Waals surface area contributed by atoms with Gasteiger partial charge in [0.2, 0.25) is 5.91 Å². The average molecular weight is 504 g/mol. The molecule has 0 aliphatic rings. The molecule has 3 rings (SSSR count). The zero-order valence-corrected chi connectivity index (χ0v) is 20.7. The zero-order valence-electron chi connectivity index (χ0n) is 19.1. The van der Waals surface area contributed by atoms with E-state index in [1.807, 2.05) is 48.7 Å². The number of carbonyl (C=O) groups excluding carboxylic acids is 1. The zero-order chi connectivity index (χ0) is 24.6. The summed E-state index contributed by atoms with van der Waals surface area (Å²) in [5, 5.41) is 5.88. The minimum atomic E-state index is -4.38. The number of benzene rings is 2. The highest BCUT2D eigenvalue weighted by molar-refractivity contribution is 7.87. The molecule has 0 fully saturated rings. The number of nitrogens with zero attached hydrogens (tertiary/aromatic N) is 1. The number of anilines is 1. The number of nitrogens with one attached hydrogen (secondary N) is 2. The van der Waals surface area contributed by atoms with Gasteiger partial charge in [0.15, 0.2) is 0 Å². The third-order valence-corrected chi connectivity index (χ3v) is 6.72. The van der Waals surface area contributed by atoms with Gasteiger partial charge in [-0.2, -0.15) is 8.42 Å². The van der Waals surface area contributed by atoms with Gasteiger partial charge in [0.1, 0.15) is 5.01 Å². The first-order valence-electron chi connectivity index (χ1n) is 10.9. The standard InChI is InChI=1S/C24H29N3O5S2/c1-3-20-16-33-24(25-20)22(14-18-10-7-11-21(13-18)27-34(29,30)31)26-23(28)19(15-32-2)12-17-8-5-4-6-9-17/h4-11,13,16,19,22,27H,3,12,14-15H2,1-2H3,(H,26,28)(H,29,30,31). The minimum Gasteiger partial charge on any atom is -0.384 e. The third-order valence-electron chi connectivity index (χ3n) is 5.22. The first kappa shape index (κ1) is 25.8. The molecular formula is C24H29N3O5S2. The lowest BCUT2D eigenvalue weighted by Gasteiger charge is -2.22. The van der Waals surface area contributed by atoms with Crippen molar-refractivity contribution < 1.29 is 22.5 Å². The van der Waals surface area contributed by atoms with E-state index in [2.05, 4.69) is 15.0 Å². The number of hydrogen-bond donors (Lipinski definition) is 3. The van der Waals surface area contributed by atoms with Gasteiger partial charge in [-0.3, -0.25) is 14.1 Å². The van der Waals surface area contributed by atoms with Crippen LogP contribution in [0.4, 0.5) is 5.69 Å². The van der Waals surface area contributed by atoms with Crippen molar-refractivity contribution in [1.82, 2.24) is 10.3 Å². The average Bonchev–Trinajstić information content (AvgIpc) is 3.27. The first-order valence-corrected chi connectivity index (χ1v) is 13.2. The first-order chi connectivity index (χ1) is 16.3. The molecule has 0 bridgehead atoms. The molecule has 0 saturated carbocycles. The SMILES string of the molecule is CCc1csc(C(Cc2cccc(NS(=O)(=O)O)c2)NC(=O)C(COC)Cc2ccccc2)n1. The van der Waals surface area contributed by atoms with Gasteiger partial charge in [-0.1, -0.05) is 49.4 Å². The summed E-state index contributed by atoms with van der Waals surface area (Å²) in [7, 11) is -2.81. The summed E-state index contributed by atoms with van der Waals surface area (Å²) >= 11 is 1.48. The number of amides is 1. The van der Waals surface area contributed by atoms with Crippen LogP contribution in [0.3, 0.4) is 0 Å². The number of aryl methyl sites for hydroxylation is 1. The highest BCUT2D eigenvalue weighted by Crippen LogP contribution is 2.25. The number of thiazole rings is 1. The van der Waals surface area contributed by atoms with Crippen molar-refractivity contribution >= 4 is 33.2 Å². The van der Waals surface area contributed by atoms with E-state index in [0.717, 1.165) is 28.2 Å². The number of carbonyl (C=O) groups is 1. The molecule has 1 amide bonds. The van der Waals surface area contributed by atoms with Crippen LogP contribution in [0.5, 0.6) is 0 Å². The fourth-order valence-electron chi connectivity index (χ4n) is 3.61. The van der Waals surface area contributed by atoms with E-state index in [1.54, 1.807) is 19.2 Å². The second-order valence-electron chi connectivity index (χ2n) is 7.92. The normalized spacial score (nSPS) is 13.3. The van der Waals surface area contributed by atoms with E-state index in [1.165, 1.54) is 17.4 Å². The second-order valence-corrected chi connectivity index (χ2v) is 9.96. The maximum atomic E-state index is 13.3. The van der Waals surface area contributed by atoms with Gasteiger partial charge in [0.25, 0.3) is 0 Å². The van der Waals surface area contributed by atoms with Crippen LogP contribution < -0.4 is 10.0 Å². The van der Waals surface area contributed by atoms with Crippen molar-refractivity contribution in [3.8, 4) is 0 Å². The molecule has 34 heavy (non-hydrogen) atoms. The summed E-state index contributed by atoms with van der Waals surface area (Å²) < 4.78 is 38.9. The molecule has 2 unspecified atom stereocenters. The molecule has 3 aromatic rings. The van der Waals surface area contributed by atoms with Gasteiger partial charge in [0.05, 0.1) is 29.9 Å². The van der Waals surface area contributed by atoms with E-state index in [9.17, 15) is 13.2 Å². The van der Waals surface area contributed by atoms with Gasteiger partial charge < -0.3 is 10.1 Å². The van der Waals surface area contributed by atoms with Crippen LogP contribution in [0.2, 0.25) is 0 Å². The highest BCUT2D eigenvalue weighted by Gasteiger charge is 2.25. The smallest absolute Gasteiger partial charge is 0.357 e. The van der Waals surface area contributed by atoms with Crippen LogP contribution >= 0.6 is 11.3 Å². The Morgan fingerprint density at radius 1 is 1.12 bits per heavy atom. The Bertz CT molecular complexity index is 1180. The molecule has 0 aliphatic heterocycles. The molecule has 182 valence electrons. The molecule has 8 nitrogen and oxygen atoms in total. The lowest BCUT2D eigenvalue weighted by atomic mass is 9.98. The molecule has 0 saturated heterocycles. The highest BCUT2D eigenvalue weighted by atomic mass is 32.2. The van der Waals surface area contributed by atoms with E-state index < -0.39 is 16.3 Å². The quantitative estimate of drug-likeness (QED) is 0.324. The third kappa shape index (κ3) is 7.91. The van der Waals surface area contributed by atoms with E-state index in [-0.39, 0.29) is 24.1 Å². The number of ether oxygens (including phenoxy) is 1. The lowest BCUT2D eigenvalue weighted by molar-refractivity contribution is -0.127. The fraction of sp³-hybridized carbons (Fsp3) is 0.333. The topological polar surface area (TPSA) is 118 Å². The Morgan fingerprint density at radius 3 is 2.50 bits per heavy atom. The molecule has 0 aliphatic carbocycles. The van der Waals surface area contributed by atoms with Gasteiger partial charge in [-0.15, -0.1) is 11.3 Å². The number of hydrogen-bond acceptors (Lipinski definition) is 6. The molecular weight excluding hydrogens is 474 g/mol. The number of methoxy groups -OCH3 is 1.